The molecule has 1 N–H and O–H groups in total. The standard InChI is InChI=1S/C20H22FN3O3.C2HF3O2/c1-14-17(6-9-27-14)19(26)23-8-7-20(12-23)13-24(18(25)11-22(20)2)16-5-3-4-15(21)10-16;3-2(4,5)1(6)7/h3-6,9-10H,7-8,11-13H2,1-2H3;(H,6,7). The Morgan fingerprint density at radius 1 is 1.18 bits per heavy atom. The second-order valence-corrected chi connectivity index (χ2v) is 8.21. The number of benzene rings is 1. The molecule has 2 aliphatic rings. The first-order chi connectivity index (χ1) is 15.8. The van der Waals surface area contributed by atoms with Crippen molar-refractivity contribution in [2.75, 3.05) is 38.1 Å². The van der Waals surface area contributed by atoms with Crippen molar-refractivity contribution in [2.24, 2.45) is 0 Å². The molecule has 1 spiro atoms. The number of aryl methyl sites for hydroxylation is 1. The molecule has 0 bridgehead atoms. The molecule has 0 saturated carbocycles. The van der Waals surface area contributed by atoms with Crippen molar-refractivity contribution in [3.63, 3.8) is 0 Å². The second kappa shape index (κ2) is 9.45. The lowest BCUT2D eigenvalue weighted by Gasteiger charge is -2.46. The lowest BCUT2D eigenvalue weighted by atomic mass is 9.92. The molecule has 1 aromatic heterocycles. The summed E-state index contributed by atoms with van der Waals surface area (Å²) in [6, 6.07) is 7.78. The quantitative estimate of drug-likeness (QED) is 0.658. The van der Waals surface area contributed by atoms with E-state index in [1.165, 1.54) is 18.4 Å². The zero-order chi connectivity index (χ0) is 25.3. The Balaban J connectivity index is 0.000000406. The summed E-state index contributed by atoms with van der Waals surface area (Å²) in [4.78, 5) is 39.8. The van der Waals surface area contributed by atoms with Gasteiger partial charge in [0.2, 0.25) is 5.91 Å². The highest BCUT2D eigenvalue weighted by Gasteiger charge is 2.49. The van der Waals surface area contributed by atoms with Crippen molar-refractivity contribution in [3.8, 4) is 0 Å². The summed E-state index contributed by atoms with van der Waals surface area (Å²) >= 11 is 0. The van der Waals surface area contributed by atoms with Crippen LogP contribution in [0.2, 0.25) is 0 Å². The Hall–Kier alpha value is -3.41. The van der Waals surface area contributed by atoms with Gasteiger partial charge in [0.25, 0.3) is 5.91 Å². The van der Waals surface area contributed by atoms with Gasteiger partial charge in [-0.15, -0.1) is 0 Å². The van der Waals surface area contributed by atoms with Gasteiger partial charge in [-0.1, -0.05) is 6.07 Å². The van der Waals surface area contributed by atoms with Crippen LogP contribution in [0.3, 0.4) is 0 Å². The van der Waals surface area contributed by atoms with Crippen LogP contribution < -0.4 is 4.90 Å². The van der Waals surface area contributed by atoms with Gasteiger partial charge in [-0.05, 0) is 44.7 Å². The van der Waals surface area contributed by atoms with Crippen LogP contribution in [0.1, 0.15) is 22.5 Å². The van der Waals surface area contributed by atoms with E-state index < -0.39 is 12.1 Å². The Kier molecular flexibility index (Phi) is 7.01. The highest BCUT2D eigenvalue weighted by atomic mass is 19.4. The maximum atomic E-state index is 13.6. The summed E-state index contributed by atoms with van der Waals surface area (Å²) in [5.41, 5.74) is 0.791. The summed E-state index contributed by atoms with van der Waals surface area (Å²) in [6.45, 7) is 3.57. The van der Waals surface area contributed by atoms with Crippen molar-refractivity contribution in [3.05, 3.63) is 53.7 Å². The Morgan fingerprint density at radius 2 is 1.85 bits per heavy atom. The summed E-state index contributed by atoms with van der Waals surface area (Å²) < 4.78 is 50.6. The third-order valence-electron chi connectivity index (χ3n) is 6.01. The number of alkyl halides is 3. The average molecular weight is 485 g/mol. The van der Waals surface area contributed by atoms with Gasteiger partial charge in [-0.25, -0.2) is 9.18 Å². The lowest BCUT2D eigenvalue weighted by Crippen LogP contribution is -2.64. The monoisotopic (exact) mass is 485 g/mol. The van der Waals surface area contributed by atoms with Crippen LogP contribution in [-0.4, -0.2) is 77.6 Å². The number of amides is 2. The van der Waals surface area contributed by atoms with Crippen LogP contribution in [0.25, 0.3) is 0 Å². The van der Waals surface area contributed by atoms with Crippen LogP contribution in [-0.2, 0) is 9.59 Å². The number of aliphatic carboxylic acids is 1. The Morgan fingerprint density at radius 3 is 2.41 bits per heavy atom. The summed E-state index contributed by atoms with van der Waals surface area (Å²) in [6.07, 6.45) is -2.81. The number of rotatable bonds is 2. The fourth-order valence-electron chi connectivity index (χ4n) is 4.09. The topological polar surface area (TPSA) is 94.3 Å². The minimum absolute atomic E-state index is 0.0549. The highest BCUT2D eigenvalue weighted by Crippen LogP contribution is 2.34. The van der Waals surface area contributed by atoms with Gasteiger partial charge in [-0.3, -0.25) is 14.5 Å². The fraction of sp³-hybridized carbons (Fsp3) is 0.409. The number of carbonyl (C=O) groups is 3. The minimum atomic E-state index is -5.08. The Bertz CT molecular complexity index is 1090. The second-order valence-electron chi connectivity index (χ2n) is 8.21. The number of anilines is 1. The first kappa shape index (κ1) is 25.2. The number of nitrogens with zero attached hydrogens (tertiary/aromatic N) is 3. The van der Waals surface area contributed by atoms with Crippen LogP contribution in [0.5, 0.6) is 0 Å². The van der Waals surface area contributed by atoms with Gasteiger partial charge in [0, 0.05) is 25.3 Å². The number of hydrogen-bond donors (Lipinski definition) is 1. The van der Waals surface area contributed by atoms with Crippen molar-refractivity contribution in [2.45, 2.75) is 25.1 Å². The van der Waals surface area contributed by atoms with E-state index in [1.807, 2.05) is 16.8 Å². The molecule has 34 heavy (non-hydrogen) atoms. The van der Waals surface area contributed by atoms with Crippen LogP contribution in [0.15, 0.2) is 41.0 Å². The molecule has 2 aliphatic heterocycles. The van der Waals surface area contributed by atoms with E-state index >= 15 is 0 Å². The number of carboxylic acid groups (broad SMARTS) is 1. The molecule has 2 fully saturated rings. The van der Waals surface area contributed by atoms with E-state index in [9.17, 15) is 27.2 Å². The van der Waals surface area contributed by atoms with E-state index in [2.05, 4.69) is 0 Å². The van der Waals surface area contributed by atoms with Crippen molar-refractivity contribution in [1.29, 1.82) is 0 Å². The molecular formula is C22H23F4N3O5. The zero-order valence-electron chi connectivity index (χ0n) is 18.4. The fourth-order valence-corrected chi connectivity index (χ4v) is 4.09. The molecule has 4 rings (SSSR count). The van der Waals surface area contributed by atoms with Gasteiger partial charge in [0.1, 0.15) is 11.6 Å². The summed E-state index contributed by atoms with van der Waals surface area (Å²) in [7, 11) is 1.91. The maximum Gasteiger partial charge on any atom is 0.490 e. The number of hydrogen-bond acceptors (Lipinski definition) is 5. The number of carbonyl (C=O) groups excluding carboxylic acids is 2. The predicted octanol–water partition coefficient (Wildman–Crippen LogP) is 2.92. The van der Waals surface area contributed by atoms with Gasteiger partial charge < -0.3 is 19.3 Å². The van der Waals surface area contributed by atoms with E-state index in [-0.39, 0.29) is 29.7 Å². The number of likely N-dealkylation sites (tertiary alicyclic amines) is 1. The molecule has 2 amide bonds. The normalized spacial score (nSPS) is 20.9. The lowest BCUT2D eigenvalue weighted by molar-refractivity contribution is -0.192. The van der Waals surface area contributed by atoms with Crippen LogP contribution >= 0.6 is 0 Å². The first-order valence-corrected chi connectivity index (χ1v) is 10.2. The molecule has 1 unspecified atom stereocenters. The third-order valence-corrected chi connectivity index (χ3v) is 6.01. The van der Waals surface area contributed by atoms with Crippen LogP contribution in [0.4, 0.5) is 23.2 Å². The molecule has 2 aromatic rings. The van der Waals surface area contributed by atoms with Crippen molar-refractivity contribution < 1.29 is 41.5 Å². The minimum Gasteiger partial charge on any atom is -0.475 e. The molecule has 2 saturated heterocycles. The number of furan rings is 1. The SMILES string of the molecule is Cc1occc1C(=O)N1CCC2(C1)CN(c1cccc(F)c1)C(=O)CN2C.O=C(O)C(F)(F)F. The molecule has 0 radical (unpaired) electrons. The maximum absolute atomic E-state index is 13.6. The number of piperazine rings is 1. The van der Waals surface area contributed by atoms with Crippen molar-refractivity contribution in [1.82, 2.24) is 9.80 Å². The Labute approximate surface area is 192 Å². The molecule has 0 aliphatic carbocycles. The number of carboxylic acids is 1. The number of halogens is 4. The molecule has 12 heteroatoms. The van der Waals surface area contributed by atoms with E-state index in [1.54, 1.807) is 30.0 Å². The zero-order valence-corrected chi connectivity index (χ0v) is 18.4. The highest BCUT2D eigenvalue weighted by molar-refractivity contribution is 5.97. The van der Waals surface area contributed by atoms with Crippen molar-refractivity contribution >= 4 is 23.5 Å². The van der Waals surface area contributed by atoms with E-state index in [0.717, 1.165) is 6.42 Å². The smallest absolute Gasteiger partial charge is 0.475 e. The number of likely N-dealkylation sites (N-methyl/N-ethyl adjacent to an activating group) is 1. The van der Waals surface area contributed by atoms with Gasteiger partial charge >= 0.3 is 12.1 Å². The van der Waals surface area contributed by atoms with E-state index in [0.29, 0.717) is 36.6 Å². The van der Waals surface area contributed by atoms with Gasteiger partial charge in [-0.2, -0.15) is 13.2 Å². The third kappa shape index (κ3) is 5.22. The molecule has 1 atom stereocenters. The molecule has 3 heterocycles. The van der Waals surface area contributed by atoms with Gasteiger partial charge in [0.05, 0.1) is 23.9 Å². The van der Waals surface area contributed by atoms with Gasteiger partial charge in [0.15, 0.2) is 0 Å². The molecule has 1 aromatic carbocycles. The summed E-state index contributed by atoms with van der Waals surface area (Å²) in [5.74, 6) is -2.64. The largest absolute Gasteiger partial charge is 0.490 e. The van der Waals surface area contributed by atoms with E-state index in [4.69, 9.17) is 14.3 Å². The molecule has 8 nitrogen and oxygen atoms in total. The average Bonchev–Trinajstić information content (AvgIpc) is 3.37. The molecular weight excluding hydrogens is 462 g/mol. The summed E-state index contributed by atoms with van der Waals surface area (Å²) in [5, 5.41) is 7.12. The predicted molar refractivity (Wildman–Crippen MR) is 112 cm³/mol. The first-order valence-electron chi connectivity index (χ1n) is 10.2. The molecule has 184 valence electrons. The van der Waals surface area contributed by atoms with Crippen LogP contribution in [0, 0.1) is 12.7 Å².